The van der Waals surface area contributed by atoms with Crippen molar-refractivity contribution in [2.24, 2.45) is 0 Å². The van der Waals surface area contributed by atoms with E-state index in [2.05, 4.69) is 303 Å². The van der Waals surface area contributed by atoms with Gasteiger partial charge in [-0.15, -0.1) is 0 Å². The van der Waals surface area contributed by atoms with Gasteiger partial charge in [0.1, 0.15) is 0 Å². The third-order valence-corrected chi connectivity index (χ3v) is 15.1. The first-order chi connectivity index (χ1) is 35.9. The molecule has 0 amide bonds. The summed E-state index contributed by atoms with van der Waals surface area (Å²) in [6, 6.07) is 102. The maximum Gasteiger partial charge on any atom is 0.0468 e. The second kappa shape index (κ2) is 18.2. The quantitative estimate of drug-likeness (QED) is 0.126. The predicted molar refractivity (Wildman–Crippen MR) is 310 cm³/mol. The van der Waals surface area contributed by atoms with Crippen LogP contribution in [0.25, 0.3) is 77.2 Å². The monoisotopic (exact) mass is 932 g/mol. The summed E-state index contributed by atoms with van der Waals surface area (Å²) >= 11 is 0. The van der Waals surface area contributed by atoms with Gasteiger partial charge in [-0.2, -0.15) is 0 Å². The van der Waals surface area contributed by atoms with Gasteiger partial charge in [-0.05, 0) is 167 Å². The highest BCUT2D eigenvalue weighted by atomic mass is 15.1. The van der Waals surface area contributed by atoms with Gasteiger partial charge in [-0.1, -0.05) is 214 Å². The fourth-order valence-corrected chi connectivity index (χ4v) is 11.3. The number of rotatable bonds is 10. The Morgan fingerprint density at radius 1 is 0.233 bits per heavy atom. The zero-order valence-corrected chi connectivity index (χ0v) is 41.0. The van der Waals surface area contributed by atoms with E-state index in [1.807, 2.05) is 0 Å². The molecule has 0 atom stereocenters. The van der Waals surface area contributed by atoms with E-state index in [1.165, 1.54) is 77.2 Å². The lowest BCUT2D eigenvalue weighted by atomic mass is 9.82. The molecule has 13 rings (SSSR count). The lowest BCUT2D eigenvalue weighted by Gasteiger charge is -2.29. The van der Waals surface area contributed by atoms with Crippen molar-refractivity contribution in [2.75, 3.05) is 9.80 Å². The largest absolute Gasteiger partial charge is 0.311 e. The number of anilines is 6. The smallest absolute Gasteiger partial charge is 0.0468 e. The summed E-state index contributed by atoms with van der Waals surface area (Å²) in [5.41, 5.74) is 21.4. The van der Waals surface area contributed by atoms with Gasteiger partial charge in [-0.25, -0.2) is 0 Å². The van der Waals surface area contributed by atoms with Gasteiger partial charge in [0.2, 0.25) is 0 Å². The Labute approximate surface area is 428 Å². The molecule has 12 aromatic rings. The van der Waals surface area contributed by atoms with Crippen molar-refractivity contribution < 1.29 is 0 Å². The van der Waals surface area contributed by atoms with Crippen molar-refractivity contribution in [3.8, 4) is 55.6 Å². The minimum absolute atomic E-state index is 0.138. The number of benzene rings is 12. The van der Waals surface area contributed by atoms with E-state index < -0.39 is 0 Å². The molecule has 0 radical (unpaired) electrons. The molecule has 0 saturated carbocycles. The number of nitrogens with zero attached hydrogens (tertiary/aromatic N) is 2. The third kappa shape index (κ3) is 7.95. The first-order valence-corrected chi connectivity index (χ1v) is 25.3. The Morgan fingerprint density at radius 2 is 0.616 bits per heavy atom. The van der Waals surface area contributed by atoms with Gasteiger partial charge < -0.3 is 9.80 Å². The molecule has 0 fully saturated rings. The summed E-state index contributed by atoms with van der Waals surface area (Å²) in [4.78, 5) is 4.79. The highest BCUT2D eigenvalue weighted by molar-refractivity contribution is 6.15. The topological polar surface area (TPSA) is 6.48 Å². The molecule has 2 nitrogen and oxygen atoms in total. The maximum absolute atomic E-state index is 2.44. The molecule has 0 aromatic heterocycles. The molecule has 0 N–H and O–H groups in total. The summed E-state index contributed by atoms with van der Waals surface area (Å²) in [6.07, 6.45) is 0. The summed E-state index contributed by atoms with van der Waals surface area (Å²) in [7, 11) is 0. The molecule has 73 heavy (non-hydrogen) atoms. The summed E-state index contributed by atoms with van der Waals surface area (Å²) in [5.74, 6) is 0. The lowest BCUT2D eigenvalue weighted by Crippen LogP contribution is -2.16. The Hall–Kier alpha value is -9.24. The first kappa shape index (κ1) is 43.8. The molecule has 346 valence electrons. The van der Waals surface area contributed by atoms with Crippen LogP contribution < -0.4 is 9.80 Å². The highest BCUT2D eigenvalue weighted by Crippen LogP contribution is 2.51. The van der Waals surface area contributed by atoms with Gasteiger partial charge in [0, 0.05) is 39.5 Å². The summed E-state index contributed by atoms with van der Waals surface area (Å²) in [5, 5.41) is 4.95. The highest BCUT2D eigenvalue weighted by Gasteiger charge is 2.36. The maximum atomic E-state index is 2.44. The van der Waals surface area contributed by atoms with Crippen molar-refractivity contribution in [2.45, 2.75) is 19.3 Å². The average Bonchev–Trinajstić information content (AvgIpc) is 3.69. The molecule has 0 heterocycles. The van der Waals surface area contributed by atoms with E-state index in [0.29, 0.717) is 0 Å². The van der Waals surface area contributed by atoms with Crippen LogP contribution in [0.1, 0.15) is 25.0 Å². The minimum atomic E-state index is -0.138. The Bertz CT molecular complexity index is 3850. The summed E-state index contributed by atoms with van der Waals surface area (Å²) < 4.78 is 0. The van der Waals surface area contributed by atoms with Crippen LogP contribution in [0.3, 0.4) is 0 Å². The van der Waals surface area contributed by atoms with Crippen LogP contribution in [-0.2, 0) is 5.41 Å². The van der Waals surface area contributed by atoms with E-state index in [1.54, 1.807) is 0 Å². The molecule has 2 heteroatoms. The van der Waals surface area contributed by atoms with Crippen LogP contribution in [0, 0.1) is 0 Å². The second-order valence-electron chi connectivity index (χ2n) is 19.7. The van der Waals surface area contributed by atoms with E-state index in [-0.39, 0.29) is 5.41 Å². The first-order valence-electron chi connectivity index (χ1n) is 25.3. The molecule has 0 aliphatic heterocycles. The van der Waals surface area contributed by atoms with Crippen molar-refractivity contribution in [3.63, 3.8) is 0 Å². The van der Waals surface area contributed by atoms with E-state index >= 15 is 0 Å². The van der Waals surface area contributed by atoms with Gasteiger partial charge in [0.25, 0.3) is 0 Å². The van der Waals surface area contributed by atoms with Crippen molar-refractivity contribution >= 4 is 55.7 Å². The van der Waals surface area contributed by atoms with Crippen LogP contribution in [0.15, 0.2) is 279 Å². The lowest BCUT2D eigenvalue weighted by molar-refractivity contribution is 0.660. The standard InChI is InChI=1S/C71H52N2/c1-71(2)69-25-15-14-24-65(69)66-45-43-62(48-70(66)71)73(61-42-44-64-67(55-20-10-5-11-21-55)46-56-22-12-13-23-63(56)68(64)47-61)60-40-32-54(33-41-60)53-30-38-59(39-31-53)72(57-34-26-51(27-35-57)49-16-6-3-7-17-49)58-36-28-52(29-37-58)50-18-8-4-9-19-50/h3-48H,1-2H3. The van der Waals surface area contributed by atoms with Gasteiger partial charge >= 0.3 is 0 Å². The third-order valence-electron chi connectivity index (χ3n) is 15.1. The predicted octanol–water partition coefficient (Wildman–Crippen LogP) is 19.9. The number of hydrogen-bond donors (Lipinski definition) is 0. The van der Waals surface area contributed by atoms with Gasteiger partial charge in [0.05, 0.1) is 0 Å². The Balaban J connectivity index is 0.885. The fourth-order valence-electron chi connectivity index (χ4n) is 11.3. The molecule has 0 unspecified atom stereocenters. The van der Waals surface area contributed by atoms with Crippen LogP contribution in [0.5, 0.6) is 0 Å². The van der Waals surface area contributed by atoms with E-state index in [0.717, 1.165) is 45.3 Å². The van der Waals surface area contributed by atoms with Gasteiger partial charge in [-0.3, -0.25) is 0 Å². The second-order valence-corrected chi connectivity index (χ2v) is 19.7. The van der Waals surface area contributed by atoms with E-state index in [9.17, 15) is 0 Å². The Kier molecular flexibility index (Phi) is 10.9. The molecule has 0 bridgehead atoms. The number of hydrogen-bond acceptors (Lipinski definition) is 2. The molecular weight excluding hydrogens is 881 g/mol. The van der Waals surface area contributed by atoms with Crippen molar-refractivity contribution in [1.29, 1.82) is 0 Å². The van der Waals surface area contributed by atoms with Gasteiger partial charge in [0.15, 0.2) is 0 Å². The zero-order valence-electron chi connectivity index (χ0n) is 41.0. The van der Waals surface area contributed by atoms with Crippen LogP contribution in [0.2, 0.25) is 0 Å². The minimum Gasteiger partial charge on any atom is -0.311 e. The molecule has 1 aliphatic carbocycles. The van der Waals surface area contributed by atoms with E-state index in [4.69, 9.17) is 0 Å². The summed E-state index contributed by atoms with van der Waals surface area (Å²) in [6.45, 7) is 4.73. The van der Waals surface area contributed by atoms with Crippen LogP contribution in [-0.4, -0.2) is 0 Å². The average molecular weight is 933 g/mol. The fraction of sp³-hybridized carbons (Fsp3) is 0.0423. The van der Waals surface area contributed by atoms with Crippen LogP contribution >= 0.6 is 0 Å². The molecular formula is C71H52N2. The van der Waals surface area contributed by atoms with Crippen molar-refractivity contribution in [1.82, 2.24) is 0 Å². The molecule has 12 aromatic carbocycles. The number of fused-ring (bicyclic) bond motifs is 6. The molecule has 1 aliphatic rings. The molecule has 0 spiro atoms. The van der Waals surface area contributed by atoms with Crippen molar-refractivity contribution in [3.05, 3.63) is 290 Å². The Morgan fingerprint density at radius 3 is 1.15 bits per heavy atom. The molecule has 0 saturated heterocycles. The van der Waals surface area contributed by atoms with Crippen LogP contribution in [0.4, 0.5) is 34.1 Å². The normalized spacial score (nSPS) is 12.4. The zero-order chi connectivity index (χ0) is 48.9. The SMILES string of the molecule is CC1(C)c2ccccc2-c2ccc(N(c3ccc(-c4ccc(N(c5ccc(-c6ccccc6)cc5)c5ccc(-c6ccccc6)cc5)cc4)cc3)c3ccc4c(-c5ccccc5)cc5ccccc5c4c3)cc21.